The van der Waals surface area contributed by atoms with Crippen LogP contribution >= 0.6 is 23.2 Å². The summed E-state index contributed by atoms with van der Waals surface area (Å²) in [5, 5.41) is 28.7. The predicted molar refractivity (Wildman–Crippen MR) is 141 cm³/mol. The summed E-state index contributed by atoms with van der Waals surface area (Å²) in [5.41, 5.74) is 2.36. The van der Waals surface area contributed by atoms with Gasteiger partial charge in [0.2, 0.25) is 5.89 Å². The molecule has 2 heterocycles. The fraction of sp³-hybridized carbons (Fsp3) is 0.120. The van der Waals surface area contributed by atoms with Crippen LogP contribution in [0.25, 0.3) is 11.3 Å². The molecule has 0 unspecified atom stereocenters. The van der Waals surface area contributed by atoms with E-state index in [4.69, 9.17) is 27.6 Å². The van der Waals surface area contributed by atoms with Crippen molar-refractivity contribution in [3.63, 3.8) is 0 Å². The number of anilines is 4. The molecule has 2 aromatic carbocycles. The molecule has 0 saturated carbocycles. The maximum Gasteiger partial charge on any atom is 0.337 e. The number of carbonyl (C=O) groups is 2. The smallest absolute Gasteiger partial charge is 0.337 e. The van der Waals surface area contributed by atoms with E-state index in [1.165, 1.54) is 12.3 Å². The van der Waals surface area contributed by atoms with Crippen molar-refractivity contribution in [2.24, 2.45) is 0 Å². The van der Waals surface area contributed by atoms with Crippen LogP contribution in [-0.4, -0.2) is 38.7 Å². The molecule has 0 spiro atoms. The number of benzene rings is 2. The van der Waals surface area contributed by atoms with Gasteiger partial charge in [-0.15, -0.1) is 0 Å². The molecule has 37 heavy (non-hydrogen) atoms. The minimum Gasteiger partial charge on any atom is -0.480 e. The van der Waals surface area contributed by atoms with Gasteiger partial charge in [0.05, 0.1) is 34.7 Å². The van der Waals surface area contributed by atoms with Crippen molar-refractivity contribution in [2.45, 2.75) is 13.5 Å². The van der Waals surface area contributed by atoms with Gasteiger partial charge in [-0.25, -0.2) is 14.8 Å². The van der Waals surface area contributed by atoms with E-state index in [2.05, 4.69) is 25.9 Å². The van der Waals surface area contributed by atoms with Crippen molar-refractivity contribution in [3.05, 3.63) is 81.9 Å². The summed E-state index contributed by atoms with van der Waals surface area (Å²) in [6.07, 6.45) is 1.52. The van der Waals surface area contributed by atoms with Gasteiger partial charge in [0, 0.05) is 16.3 Å². The summed E-state index contributed by atoms with van der Waals surface area (Å²) in [5.74, 6) is -1.15. The maximum absolute atomic E-state index is 11.7. The first-order valence-corrected chi connectivity index (χ1v) is 11.7. The molecule has 0 amide bonds. The highest BCUT2D eigenvalue weighted by atomic mass is 35.5. The first-order chi connectivity index (χ1) is 17.7. The minimum atomic E-state index is -1.11. The molecule has 12 heteroatoms. The van der Waals surface area contributed by atoms with Crippen molar-refractivity contribution in [1.82, 2.24) is 9.97 Å². The topological polar surface area (TPSA) is 150 Å². The second kappa shape index (κ2) is 11.2. The van der Waals surface area contributed by atoms with Gasteiger partial charge in [0.1, 0.15) is 12.2 Å². The molecule has 4 aromatic rings. The normalized spacial score (nSPS) is 10.7. The third-order valence-corrected chi connectivity index (χ3v) is 5.72. The van der Waals surface area contributed by atoms with Gasteiger partial charge in [-0.2, -0.15) is 0 Å². The third-order valence-electron chi connectivity index (χ3n) is 5.15. The Morgan fingerprint density at radius 3 is 2.57 bits per heavy atom. The molecule has 190 valence electrons. The van der Waals surface area contributed by atoms with E-state index in [9.17, 15) is 19.8 Å². The Kier molecular flexibility index (Phi) is 7.80. The largest absolute Gasteiger partial charge is 0.480 e. The summed E-state index contributed by atoms with van der Waals surface area (Å²) < 4.78 is 5.85. The molecule has 0 aliphatic rings. The van der Waals surface area contributed by atoms with Gasteiger partial charge in [-0.3, -0.25) is 4.79 Å². The number of nitrogens with zero attached hydrogens (tertiary/aromatic N) is 2. The lowest BCUT2D eigenvalue weighted by molar-refractivity contribution is -0.134. The monoisotopic (exact) mass is 541 g/mol. The molecule has 0 aliphatic heterocycles. The number of para-hydroxylation sites is 1. The van der Waals surface area contributed by atoms with E-state index < -0.39 is 11.9 Å². The molecule has 4 rings (SSSR count). The second-order valence-corrected chi connectivity index (χ2v) is 8.70. The SMILES string of the molecule is Cc1cc(NCC(=O)O)c(NCc2ncc(-c3cc(Cl)ccc3Cl)o2)c(Nc2ccccc2C(=O)O)n1. The third kappa shape index (κ3) is 6.29. The highest BCUT2D eigenvalue weighted by molar-refractivity contribution is 6.35. The number of aromatic nitrogens is 2. The molecular formula is C25H21Cl2N5O5. The first kappa shape index (κ1) is 25.8. The van der Waals surface area contributed by atoms with Crippen molar-refractivity contribution in [2.75, 3.05) is 22.5 Å². The summed E-state index contributed by atoms with van der Waals surface area (Å²) in [6.45, 7) is 1.48. The van der Waals surface area contributed by atoms with Gasteiger partial charge in [0.15, 0.2) is 11.6 Å². The van der Waals surface area contributed by atoms with Crippen LogP contribution in [0.5, 0.6) is 0 Å². The Hall–Kier alpha value is -4.28. The van der Waals surface area contributed by atoms with E-state index in [1.807, 2.05) is 0 Å². The highest BCUT2D eigenvalue weighted by Gasteiger charge is 2.17. The molecule has 0 bridgehead atoms. The Bertz CT molecular complexity index is 1470. The van der Waals surface area contributed by atoms with Crippen LogP contribution in [0.2, 0.25) is 10.0 Å². The minimum absolute atomic E-state index is 0.0487. The van der Waals surface area contributed by atoms with Gasteiger partial charge in [0.25, 0.3) is 0 Å². The van der Waals surface area contributed by atoms with E-state index in [-0.39, 0.29) is 24.5 Å². The highest BCUT2D eigenvalue weighted by Crippen LogP contribution is 2.35. The summed E-state index contributed by atoms with van der Waals surface area (Å²) in [6, 6.07) is 13.0. The number of carboxylic acids is 2. The van der Waals surface area contributed by atoms with E-state index >= 15 is 0 Å². The van der Waals surface area contributed by atoms with Crippen LogP contribution in [0, 0.1) is 6.92 Å². The maximum atomic E-state index is 11.7. The van der Waals surface area contributed by atoms with Gasteiger partial charge in [-0.05, 0) is 43.3 Å². The Morgan fingerprint density at radius 1 is 1.03 bits per heavy atom. The molecular weight excluding hydrogens is 521 g/mol. The number of hydrogen-bond donors (Lipinski definition) is 5. The Labute approximate surface area is 221 Å². The van der Waals surface area contributed by atoms with Crippen LogP contribution in [0.1, 0.15) is 21.9 Å². The molecule has 10 nitrogen and oxygen atoms in total. The number of aryl methyl sites for hydroxylation is 1. The zero-order valence-corrected chi connectivity index (χ0v) is 20.9. The zero-order chi connectivity index (χ0) is 26.5. The molecule has 0 fully saturated rings. The fourth-order valence-electron chi connectivity index (χ4n) is 3.53. The van der Waals surface area contributed by atoms with E-state index in [0.29, 0.717) is 50.0 Å². The van der Waals surface area contributed by atoms with Crippen molar-refractivity contribution >= 4 is 58.0 Å². The number of carboxylic acid groups (broad SMARTS) is 2. The summed E-state index contributed by atoms with van der Waals surface area (Å²) >= 11 is 12.3. The lowest BCUT2D eigenvalue weighted by Gasteiger charge is -2.19. The average Bonchev–Trinajstić information content (AvgIpc) is 3.32. The number of aromatic carboxylic acids is 1. The summed E-state index contributed by atoms with van der Waals surface area (Å²) in [7, 11) is 0. The number of aliphatic carboxylic acids is 1. The first-order valence-electron chi connectivity index (χ1n) is 10.9. The van der Waals surface area contributed by atoms with Crippen LogP contribution in [0.3, 0.4) is 0 Å². The van der Waals surface area contributed by atoms with Crippen LogP contribution < -0.4 is 16.0 Å². The Morgan fingerprint density at radius 2 is 1.81 bits per heavy atom. The van der Waals surface area contributed by atoms with Crippen LogP contribution in [0.4, 0.5) is 22.9 Å². The van der Waals surface area contributed by atoms with Crippen LogP contribution in [0.15, 0.2) is 59.1 Å². The van der Waals surface area contributed by atoms with E-state index in [0.717, 1.165) is 0 Å². The van der Waals surface area contributed by atoms with E-state index in [1.54, 1.807) is 49.4 Å². The van der Waals surface area contributed by atoms with Crippen molar-refractivity contribution < 1.29 is 24.2 Å². The standard InChI is InChI=1S/C25H21Cl2N5O5/c1-13-8-19(28-12-22(33)34)23(24(31-13)32-18-5-3-2-4-15(18)25(35)36)30-11-21-29-10-20(37-21)16-9-14(26)6-7-17(16)27/h2-10,30H,11-12H2,1H3,(H,33,34)(H,35,36)(H2,28,31,32). The zero-order valence-electron chi connectivity index (χ0n) is 19.4. The number of rotatable bonds is 10. The number of halogens is 2. The van der Waals surface area contributed by atoms with Crippen LogP contribution in [-0.2, 0) is 11.3 Å². The fourth-order valence-corrected chi connectivity index (χ4v) is 3.91. The molecule has 0 saturated heterocycles. The summed E-state index contributed by atoms with van der Waals surface area (Å²) in [4.78, 5) is 31.7. The van der Waals surface area contributed by atoms with Crippen molar-refractivity contribution in [1.29, 1.82) is 0 Å². The van der Waals surface area contributed by atoms with Gasteiger partial charge < -0.3 is 30.6 Å². The number of nitrogens with one attached hydrogen (secondary N) is 3. The van der Waals surface area contributed by atoms with Crippen molar-refractivity contribution in [3.8, 4) is 11.3 Å². The molecule has 2 aromatic heterocycles. The molecule has 5 N–H and O–H groups in total. The predicted octanol–water partition coefficient (Wildman–Crippen LogP) is 5.90. The molecule has 0 atom stereocenters. The average molecular weight is 542 g/mol. The lowest BCUT2D eigenvalue weighted by atomic mass is 10.1. The van der Waals surface area contributed by atoms with Gasteiger partial charge >= 0.3 is 11.9 Å². The van der Waals surface area contributed by atoms with Gasteiger partial charge in [-0.1, -0.05) is 35.3 Å². The number of hydrogen-bond acceptors (Lipinski definition) is 8. The number of oxazole rings is 1. The Balaban J connectivity index is 1.66. The number of pyridine rings is 1. The quantitative estimate of drug-likeness (QED) is 0.164. The molecule has 0 aliphatic carbocycles. The second-order valence-electron chi connectivity index (χ2n) is 7.85. The lowest BCUT2D eigenvalue weighted by Crippen LogP contribution is -2.16. The molecule has 0 radical (unpaired) electrons.